The summed E-state index contributed by atoms with van der Waals surface area (Å²) in [7, 11) is 0. The first-order chi connectivity index (χ1) is 6.66. The van der Waals surface area contributed by atoms with Gasteiger partial charge in [0.25, 0.3) is 0 Å². The van der Waals surface area contributed by atoms with Gasteiger partial charge < -0.3 is 4.74 Å². The third kappa shape index (κ3) is 1.79. The average molecular weight is 232 g/mol. The smallest absolute Gasteiger partial charge is 0.427 e. The SMILES string of the molecule is NC1=[NH+]C(c2ccc(Cl)c(Cl)c2)CO1. The summed E-state index contributed by atoms with van der Waals surface area (Å²) in [5, 5.41) is 1.09. The molecule has 14 heavy (non-hydrogen) atoms. The summed E-state index contributed by atoms with van der Waals surface area (Å²) in [5.74, 6) is 0. The van der Waals surface area contributed by atoms with Crippen molar-refractivity contribution in [3.05, 3.63) is 33.8 Å². The van der Waals surface area contributed by atoms with Crippen LogP contribution in [-0.4, -0.2) is 12.6 Å². The molecule has 1 heterocycles. The van der Waals surface area contributed by atoms with Crippen molar-refractivity contribution in [2.75, 3.05) is 6.61 Å². The van der Waals surface area contributed by atoms with Crippen LogP contribution in [0.1, 0.15) is 11.6 Å². The summed E-state index contributed by atoms with van der Waals surface area (Å²) in [5.41, 5.74) is 6.47. The van der Waals surface area contributed by atoms with Crippen molar-refractivity contribution in [1.82, 2.24) is 0 Å². The third-order valence-electron chi connectivity index (χ3n) is 2.07. The first kappa shape index (κ1) is 9.62. The molecule has 0 aromatic heterocycles. The lowest BCUT2D eigenvalue weighted by atomic mass is 10.1. The van der Waals surface area contributed by atoms with Crippen molar-refractivity contribution < 1.29 is 9.73 Å². The molecule has 1 unspecified atom stereocenters. The average Bonchev–Trinajstić information content (AvgIpc) is 2.57. The fourth-order valence-corrected chi connectivity index (χ4v) is 1.64. The number of rotatable bonds is 1. The second-order valence-electron chi connectivity index (χ2n) is 3.05. The molecule has 0 aliphatic carbocycles. The van der Waals surface area contributed by atoms with Crippen molar-refractivity contribution in [3.63, 3.8) is 0 Å². The number of amidine groups is 1. The Balaban J connectivity index is 2.29. The van der Waals surface area contributed by atoms with Crippen LogP contribution < -0.4 is 10.7 Å². The first-order valence-corrected chi connectivity index (χ1v) is 4.89. The maximum atomic E-state index is 5.89. The highest BCUT2D eigenvalue weighted by Gasteiger charge is 2.23. The Labute approximate surface area is 91.5 Å². The summed E-state index contributed by atoms with van der Waals surface area (Å²) >= 11 is 11.7. The van der Waals surface area contributed by atoms with E-state index in [1.807, 2.05) is 12.1 Å². The van der Waals surface area contributed by atoms with E-state index in [1.165, 1.54) is 0 Å². The molecule has 0 amide bonds. The molecular weight excluding hydrogens is 223 g/mol. The normalized spacial score (nSPS) is 20.4. The largest absolute Gasteiger partial charge is 0.440 e. The van der Waals surface area contributed by atoms with Gasteiger partial charge in [0.05, 0.1) is 10.0 Å². The topological polar surface area (TPSA) is 49.2 Å². The molecule has 2 rings (SSSR count). The van der Waals surface area contributed by atoms with E-state index in [0.29, 0.717) is 22.7 Å². The third-order valence-corrected chi connectivity index (χ3v) is 2.81. The van der Waals surface area contributed by atoms with Gasteiger partial charge >= 0.3 is 6.02 Å². The lowest BCUT2D eigenvalue weighted by Gasteiger charge is -2.04. The van der Waals surface area contributed by atoms with Gasteiger partial charge in [-0.25, -0.2) is 4.99 Å². The first-order valence-electron chi connectivity index (χ1n) is 4.13. The zero-order chi connectivity index (χ0) is 10.1. The van der Waals surface area contributed by atoms with E-state index in [4.69, 9.17) is 33.7 Å². The van der Waals surface area contributed by atoms with Crippen LogP contribution in [0.4, 0.5) is 0 Å². The van der Waals surface area contributed by atoms with E-state index in [0.717, 1.165) is 5.56 Å². The minimum atomic E-state index is 0.0600. The Morgan fingerprint density at radius 3 is 2.71 bits per heavy atom. The van der Waals surface area contributed by atoms with Crippen molar-refractivity contribution in [2.24, 2.45) is 5.73 Å². The lowest BCUT2D eigenvalue weighted by molar-refractivity contribution is -0.497. The van der Waals surface area contributed by atoms with Gasteiger partial charge in [-0.15, -0.1) is 0 Å². The molecule has 0 bridgehead atoms. The summed E-state index contributed by atoms with van der Waals surface area (Å²) in [6.45, 7) is 0.518. The molecule has 1 aromatic carbocycles. The summed E-state index contributed by atoms with van der Waals surface area (Å²) < 4.78 is 5.10. The van der Waals surface area contributed by atoms with Gasteiger partial charge in [-0.1, -0.05) is 29.3 Å². The fraction of sp³-hybridized carbons (Fsp3) is 0.222. The molecule has 74 valence electrons. The predicted octanol–water partition coefficient (Wildman–Crippen LogP) is 0.460. The number of hydrogen-bond acceptors (Lipinski definition) is 2. The van der Waals surface area contributed by atoms with Crippen molar-refractivity contribution >= 4 is 29.2 Å². The van der Waals surface area contributed by atoms with Gasteiger partial charge in [0, 0.05) is 5.56 Å². The zero-order valence-electron chi connectivity index (χ0n) is 7.26. The Morgan fingerprint density at radius 1 is 1.36 bits per heavy atom. The van der Waals surface area contributed by atoms with Gasteiger partial charge in [-0.3, -0.25) is 5.73 Å². The maximum absolute atomic E-state index is 5.89. The fourth-order valence-electron chi connectivity index (χ4n) is 1.34. The zero-order valence-corrected chi connectivity index (χ0v) is 8.77. The Hall–Kier alpha value is -0.930. The minimum Gasteiger partial charge on any atom is -0.427 e. The lowest BCUT2D eigenvalue weighted by Crippen LogP contribution is -2.73. The molecule has 5 heteroatoms. The predicted molar refractivity (Wildman–Crippen MR) is 55.3 cm³/mol. The Kier molecular flexibility index (Phi) is 2.52. The molecule has 0 fully saturated rings. The molecule has 0 spiro atoms. The second-order valence-corrected chi connectivity index (χ2v) is 3.86. The molecule has 3 N–H and O–H groups in total. The number of nitrogens with two attached hydrogens (primary N) is 1. The molecule has 3 nitrogen and oxygen atoms in total. The van der Waals surface area contributed by atoms with Gasteiger partial charge in [0.15, 0.2) is 6.04 Å². The second kappa shape index (κ2) is 3.67. The van der Waals surface area contributed by atoms with Crippen LogP contribution in [0.2, 0.25) is 10.0 Å². The quantitative estimate of drug-likeness (QED) is 0.739. The van der Waals surface area contributed by atoms with E-state index < -0.39 is 0 Å². The van der Waals surface area contributed by atoms with Gasteiger partial charge in [-0.2, -0.15) is 0 Å². The van der Waals surface area contributed by atoms with Gasteiger partial charge in [0.2, 0.25) is 0 Å². The van der Waals surface area contributed by atoms with Crippen LogP contribution in [0.3, 0.4) is 0 Å². The summed E-state index contributed by atoms with van der Waals surface area (Å²) in [4.78, 5) is 2.99. The van der Waals surface area contributed by atoms with Crippen LogP contribution in [0, 0.1) is 0 Å². The highest BCUT2D eigenvalue weighted by Crippen LogP contribution is 2.24. The van der Waals surface area contributed by atoms with E-state index in [2.05, 4.69) is 4.99 Å². The minimum absolute atomic E-state index is 0.0600. The molecule has 1 aromatic rings. The van der Waals surface area contributed by atoms with Crippen molar-refractivity contribution in [3.8, 4) is 0 Å². The maximum Gasteiger partial charge on any atom is 0.440 e. The Bertz CT molecular complexity index is 392. The van der Waals surface area contributed by atoms with Crippen LogP contribution >= 0.6 is 23.2 Å². The number of halogens is 2. The van der Waals surface area contributed by atoms with Crippen molar-refractivity contribution in [2.45, 2.75) is 6.04 Å². The van der Waals surface area contributed by atoms with E-state index in [1.54, 1.807) is 6.07 Å². The molecule has 0 radical (unpaired) electrons. The molecular formula is C9H9Cl2N2O+. The van der Waals surface area contributed by atoms with Gasteiger partial charge in [0.1, 0.15) is 6.61 Å². The number of hydrogen-bond donors (Lipinski definition) is 2. The van der Waals surface area contributed by atoms with Crippen LogP contribution in [-0.2, 0) is 4.74 Å². The summed E-state index contributed by atoms with van der Waals surface area (Å²) in [6, 6.07) is 5.87. The number of nitrogens with one attached hydrogen (secondary N) is 1. The molecule has 0 saturated heterocycles. The highest BCUT2D eigenvalue weighted by atomic mass is 35.5. The summed E-state index contributed by atoms with van der Waals surface area (Å²) in [6.07, 6.45) is 0. The molecule has 1 atom stereocenters. The molecule has 0 saturated carbocycles. The van der Waals surface area contributed by atoms with E-state index in [-0.39, 0.29) is 6.04 Å². The van der Waals surface area contributed by atoms with Crippen LogP contribution in [0.15, 0.2) is 18.2 Å². The van der Waals surface area contributed by atoms with Gasteiger partial charge in [-0.05, 0) is 12.1 Å². The standard InChI is InChI=1S/C9H8Cl2N2O/c10-6-2-1-5(3-7(6)11)8-4-14-9(12)13-8/h1-3,8H,4H2,(H2,12,13)/p+1. The van der Waals surface area contributed by atoms with Crippen LogP contribution in [0.5, 0.6) is 0 Å². The van der Waals surface area contributed by atoms with E-state index >= 15 is 0 Å². The molecule has 1 aliphatic heterocycles. The monoisotopic (exact) mass is 231 g/mol. The van der Waals surface area contributed by atoms with Crippen molar-refractivity contribution in [1.29, 1.82) is 0 Å². The van der Waals surface area contributed by atoms with Crippen LogP contribution in [0.25, 0.3) is 0 Å². The highest BCUT2D eigenvalue weighted by molar-refractivity contribution is 6.42. The molecule has 1 aliphatic rings. The number of benzene rings is 1. The number of ether oxygens (including phenoxy) is 1. The van der Waals surface area contributed by atoms with E-state index in [9.17, 15) is 0 Å². The Morgan fingerprint density at radius 2 is 2.14 bits per heavy atom.